The zero-order chi connectivity index (χ0) is 20.8. The summed E-state index contributed by atoms with van der Waals surface area (Å²) in [4.78, 5) is 3.90. The molecule has 13 heteroatoms. The molecular formula is C16H11Cl2F4N7. The standard InChI is InChI=1S/C16H11Cl2F4N7/c17-8-1-2-9(19)12(18)7(8)6-29-4-3-23-14-11(29)5-10(25-27-14)13-24-15(28-26-13)16(20,21)22/h1-2,5H,3-4,6H2,(H,23,27)(H,24,26,28). The molecule has 2 aromatic heterocycles. The average molecular weight is 448 g/mol. The lowest BCUT2D eigenvalue weighted by molar-refractivity contribution is -0.144. The van der Waals surface area contributed by atoms with E-state index in [4.69, 9.17) is 23.2 Å². The number of benzene rings is 1. The first-order chi connectivity index (χ1) is 13.7. The van der Waals surface area contributed by atoms with Crippen LogP contribution in [0.2, 0.25) is 10.0 Å². The van der Waals surface area contributed by atoms with E-state index < -0.39 is 17.8 Å². The van der Waals surface area contributed by atoms with Crippen LogP contribution in [-0.4, -0.2) is 38.5 Å². The molecule has 0 radical (unpaired) electrons. The molecule has 0 atom stereocenters. The van der Waals surface area contributed by atoms with Gasteiger partial charge in [0.2, 0.25) is 5.82 Å². The van der Waals surface area contributed by atoms with Crippen molar-refractivity contribution in [3.05, 3.63) is 45.4 Å². The molecule has 0 saturated carbocycles. The number of halogens is 6. The Hall–Kier alpha value is -2.66. The smallest absolute Gasteiger partial charge is 0.365 e. The first-order valence-electron chi connectivity index (χ1n) is 8.23. The molecule has 0 fully saturated rings. The minimum Gasteiger partial charge on any atom is -0.365 e. The number of anilines is 2. The highest BCUT2D eigenvalue weighted by atomic mass is 35.5. The van der Waals surface area contributed by atoms with E-state index in [0.29, 0.717) is 35.2 Å². The molecule has 4 rings (SSSR count). The molecule has 7 nitrogen and oxygen atoms in total. The zero-order valence-electron chi connectivity index (χ0n) is 14.4. The van der Waals surface area contributed by atoms with Crippen LogP contribution in [0.4, 0.5) is 29.1 Å². The van der Waals surface area contributed by atoms with Gasteiger partial charge in [-0.1, -0.05) is 23.2 Å². The molecule has 0 spiro atoms. The lowest BCUT2D eigenvalue weighted by Crippen LogP contribution is -2.34. The number of hydrogen-bond acceptors (Lipinski definition) is 6. The van der Waals surface area contributed by atoms with Gasteiger partial charge < -0.3 is 15.2 Å². The van der Waals surface area contributed by atoms with Crippen LogP contribution in [-0.2, 0) is 12.7 Å². The van der Waals surface area contributed by atoms with Gasteiger partial charge in [0, 0.05) is 30.2 Å². The Morgan fingerprint density at radius 1 is 1.10 bits per heavy atom. The second-order valence-electron chi connectivity index (χ2n) is 6.15. The minimum absolute atomic E-state index is 0.0666. The van der Waals surface area contributed by atoms with Gasteiger partial charge in [-0.25, -0.2) is 4.39 Å². The molecule has 1 aliphatic heterocycles. The summed E-state index contributed by atoms with van der Waals surface area (Å²) in [5.41, 5.74) is 0.984. The van der Waals surface area contributed by atoms with E-state index in [2.05, 4.69) is 30.7 Å². The summed E-state index contributed by atoms with van der Waals surface area (Å²) in [5.74, 6) is -1.60. The van der Waals surface area contributed by atoms with Crippen molar-refractivity contribution in [1.82, 2.24) is 25.4 Å². The molecule has 0 saturated heterocycles. The van der Waals surface area contributed by atoms with Gasteiger partial charge in [-0.15, -0.1) is 20.4 Å². The molecule has 0 amide bonds. The number of H-pyrrole nitrogens is 1. The SMILES string of the molecule is Fc1ccc(Cl)c(CN2CCNc3nnc(-c4nnc(C(F)(F)F)[nH]4)cc32)c1Cl. The fourth-order valence-electron chi connectivity index (χ4n) is 2.87. The molecule has 2 N–H and O–H groups in total. The Labute approximate surface area is 171 Å². The van der Waals surface area contributed by atoms with Gasteiger partial charge in [-0.2, -0.15) is 13.2 Å². The summed E-state index contributed by atoms with van der Waals surface area (Å²) in [6, 6.07) is 4.09. The Kier molecular flexibility index (Phi) is 4.95. The van der Waals surface area contributed by atoms with Crippen molar-refractivity contribution in [3.8, 4) is 11.5 Å². The van der Waals surface area contributed by atoms with Crippen LogP contribution in [0.15, 0.2) is 18.2 Å². The number of fused-ring (bicyclic) bond motifs is 1. The maximum absolute atomic E-state index is 13.8. The van der Waals surface area contributed by atoms with E-state index in [-0.39, 0.29) is 23.1 Å². The fourth-order valence-corrected chi connectivity index (χ4v) is 3.36. The quantitative estimate of drug-likeness (QED) is 0.463. The third-order valence-corrected chi connectivity index (χ3v) is 5.04. The first kappa shape index (κ1) is 19.6. The molecule has 0 unspecified atom stereocenters. The van der Waals surface area contributed by atoms with Crippen molar-refractivity contribution < 1.29 is 17.6 Å². The number of hydrogen-bond donors (Lipinski definition) is 2. The van der Waals surface area contributed by atoms with Gasteiger partial charge in [0.25, 0.3) is 0 Å². The Balaban J connectivity index is 1.69. The van der Waals surface area contributed by atoms with E-state index in [1.54, 1.807) is 0 Å². The summed E-state index contributed by atoms with van der Waals surface area (Å²) >= 11 is 12.2. The second kappa shape index (κ2) is 7.30. The van der Waals surface area contributed by atoms with Crippen molar-refractivity contribution in [2.24, 2.45) is 0 Å². The zero-order valence-corrected chi connectivity index (χ0v) is 15.9. The minimum atomic E-state index is -4.66. The first-order valence-corrected chi connectivity index (χ1v) is 8.99. The van der Waals surface area contributed by atoms with Crippen LogP contribution in [0.1, 0.15) is 11.4 Å². The number of aromatic nitrogens is 5. The molecule has 0 bridgehead atoms. The summed E-state index contributed by atoms with van der Waals surface area (Å²) < 4.78 is 52.1. The van der Waals surface area contributed by atoms with E-state index >= 15 is 0 Å². The molecule has 1 aliphatic rings. The maximum Gasteiger partial charge on any atom is 0.451 e. The molecule has 1 aromatic carbocycles. The topological polar surface area (TPSA) is 82.6 Å². The van der Waals surface area contributed by atoms with Crippen LogP contribution >= 0.6 is 23.2 Å². The highest BCUT2D eigenvalue weighted by Gasteiger charge is 2.35. The normalized spacial score (nSPS) is 13.9. The maximum atomic E-state index is 13.8. The lowest BCUT2D eigenvalue weighted by Gasteiger charge is -2.31. The highest BCUT2D eigenvalue weighted by molar-refractivity contribution is 6.36. The largest absolute Gasteiger partial charge is 0.451 e. The van der Waals surface area contributed by atoms with Crippen molar-refractivity contribution in [2.45, 2.75) is 12.7 Å². The third-order valence-electron chi connectivity index (χ3n) is 4.27. The van der Waals surface area contributed by atoms with Crippen LogP contribution in [0.25, 0.3) is 11.5 Å². The number of nitrogens with one attached hydrogen (secondary N) is 2. The summed E-state index contributed by atoms with van der Waals surface area (Å²) in [6.45, 7) is 1.18. The summed E-state index contributed by atoms with van der Waals surface area (Å²) in [6.07, 6.45) is -4.66. The van der Waals surface area contributed by atoms with Crippen molar-refractivity contribution in [1.29, 1.82) is 0 Å². The van der Waals surface area contributed by atoms with Gasteiger partial charge in [-0.05, 0) is 18.2 Å². The van der Waals surface area contributed by atoms with Gasteiger partial charge >= 0.3 is 6.18 Å². The van der Waals surface area contributed by atoms with Crippen LogP contribution < -0.4 is 10.2 Å². The average Bonchev–Trinajstić information content (AvgIpc) is 3.19. The number of alkyl halides is 3. The van der Waals surface area contributed by atoms with Crippen molar-refractivity contribution in [3.63, 3.8) is 0 Å². The monoisotopic (exact) mass is 447 g/mol. The Bertz CT molecular complexity index is 1070. The lowest BCUT2D eigenvalue weighted by atomic mass is 10.1. The number of nitrogens with zero attached hydrogens (tertiary/aromatic N) is 5. The summed E-state index contributed by atoms with van der Waals surface area (Å²) in [5, 5.41) is 17.7. The van der Waals surface area contributed by atoms with Gasteiger partial charge in [0.15, 0.2) is 11.6 Å². The van der Waals surface area contributed by atoms with E-state index in [1.165, 1.54) is 18.2 Å². The van der Waals surface area contributed by atoms with E-state index in [1.807, 2.05) is 4.90 Å². The summed E-state index contributed by atoms with van der Waals surface area (Å²) in [7, 11) is 0. The molecule has 0 aliphatic carbocycles. The van der Waals surface area contributed by atoms with Gasteiger partial charge in [0.05, 0.1) is 10.7 Å². The van der Waals surface area contributed by atoms with Crippen LogP contribution in [0.3, 0.4) is 0 Å². The molecule has 29 heavy (non-hydrogen) atoms. The predicted molar refractivity (Wildman–Crippen MR) is 98.4 cm³/mol. The highest BCUT2D eigenvalue weighted by Crippen LogP contribution is 2.35. The number of rotatable bonds is 3. The van der Waals surface area contributed by atoms with Crippen LogP contribution in [0.5, 0.6) is 0 Å². The van der Waals surface area contributed by atoms with Gasteiger partial charge in [-0.3, -0.25) is 0 Å². The predicted octanol–water partition coefficient (Wildman–Crippen LogP) is 4.16. The third kappa shape index (κ3) is 3.79. The molecule has 3 aromatic rings. The van der Waals surface area contributed by atoms with Crippen LogP contribution in [0, 0.1) is 5.82 Å². The fraction of sp³-hybridized carbons (Fsp3) is 0.250. The molecule has 3 heterocycles. The van der Waals surface area contributed by atoms with Crippen molar-refractivity contribution >= 4 is 34.7 Å². The van der Waals surface area contributed by atoms with Crippen molar-refractivity contribution in [2.75, 3.05) is 23.3 Å². The van der Waals surface area contributed by atoms with E-state index in [0.717, 1.165) is 0 Å². The molecular weight excluding hydrogens is 437 g/mol. The van der Waals surface area contributed by atoms with Gasteiger partial charge in [0.1, 0.15) is 11.5 Å². The molecule has 152 valence electrons. The Morgan fingerprint density at radius 3 is 2.62 bits per heavy atom. The number of aromatic amines is 1. The second-order valence-corrected chi connectivity index (χ2v) is 6.94. The Morgan fingerprint density at radius 2 is 1.90 bits per heavy atom. The van der Waals surface area contributed by atoms with E-state index in [9.17, 15) is 17.6 Å².